The van der Waals surface area contributed by atoms with Crippen LogP contribution in [-0.2, 0) is 0 Å². The Morgan fingerprint density at radius 1 is 1.39 bits per heavy atom. The Hall–Kier alpha value is -1.27. The van der Waals surface area contributed by atoms with Crippen LogP contribution in [0.2, 0.25) is 5.02 Å². The van der Waals surface area contributed by atoms with Crippen LogP contribution >= 0.6 is 11.6 Å². The summed E-state index contributed by atoms with van der Waals surface area (Å²) in [7, 11) is 0. The molecule has 2 rings (SSSR count). The third-order valence-corrected chi connectivity index (χ3v) is 4.00. The molecule has 3 nitrogen and oxygen atoms in total. The van der Waals surface area contributed by atoms with E-state index in [4.69, 9.17) is 16.9 Å². The second-order valence-corrected chi connectivity index (χ2v) is 5.99. The van der Waals surface area contributed by atoms with Crippen LogP contribution in [0.4, 0.5) is 5.82 Å². The number of hydrogen-bond acceptors (Lipinski definition) is 3. The third-order valence-electron chi connectivity index (χ3n) is 3.63. The Morgan fingerprint density at radius 2 is 2.17 bits per heavy atom. The lowest BCUT2D eigenvalue weighted by molar-refractivity contribution is 0.325. The molecule has 1 aromatic rings. The van der Waals surface area contributed by atoms with Crippen molar-refractivity contribution in [2.24, 2.45) is 5.41 Å². The van der Waals surface area contributed by atoms with Gasteiger partial charge in [0.15, 0.2) is 0 Å². The molecule has 0 bridgehead atoms. The first-order chi connectivity index (χ1) is 8.53. The zero-order valence-electron chi connectivity index (χ0n) is 10.9. The Kier molecular flexibility index (Phi) is 3.77. The highest BCUT2D eigenvalue weighted by Crippen LogP contribution is 2.33. The van der Waals surface area contributed by atoms with Crippen molar-refractivity contribution in [1.29, 1.82) is 5.26 Å². The van der Waals surface area contributed by atoms with Crippen molar-refractivity contribution in [3.05, 3.63) is 22.8 Å². The van der Waals surface area contributed by atoms with Crippen molar-refractivity contribution < 1.29 is 0 Å². The van der Waals surface area contributed by atoms with Gasteiger partial charge in [0.2, 0.25) is 0 Å². The summed E-state index contributed by atoms with van der Waals surface area (Å²) in [5.74, 6) is 0.758. The van der Waals surface area contributed by atoms with Crippen LogP contribution in [0.3, 0.4) is 0 Å². The lowest BCUT2D eigenvalue weighted by atomic mass is 9.85. The van der Waals surface area contributed by atoms with Gasteiger partial charge in [-0.25, -0.2) is 4.98 Å². The van der Waals surface area contributed by atoms with Gasteiger partial charge in [-0.15, -0.1) is 0 Å². The molecule has 0 aromatic carbocycles. The first-order valence-corrected chi connectivity index (χ1v) is 6.71. The Bertz CT molecular complexity index is 476. The van der Waals surface area contributed by atoms with Gasteiger partial charge >= 0.3 is 0 Å². The molecule has 1 saturated heterocycles. The van der Waals surface area contributed by atoms with E-state index in [0.29, 0.717) is 16.0 Å². The second-order valence-electron chi connectivity index (χ2n) is 5.61. The van der Waals surface area contributed by atoms with E-state index >= 15 is 0 Å². The highest BCUT2D eigenvalue weighted by molar-refractivity contribution is 6.34. The van der Waals surface area contributed by atoms with E-state index in [1.165, 1.54) is 6.42 Å². The summed E-state index contributed by atoms with van der Waals surface area (Å²) >= 11 is 6.24. The molecule has 0 saturated carbocycles. The van der Waals surface area contributed by atoms with Crippen LogP contribution < -0.4 is 4.90 Å². The molecule has 0 atom stereocenters. The molecule has 0 radical (unpaired) electrons. The summed E-state index contributed by atoms with van der Waals surface area (Å²) in [5, 5.41) is 9.48. The minimum Gasteiger partial charge on any atom is -0.355 e. The monoisotopic (exact) mass is 263 g/mol. The van der Waals surface area contributed by atoms with E-state index in [0.717, 1.165) is 31.7 Å². The smallest absolute Gasteiger partial charge is 0.148 e. The quantitative estimate of drug-likeness (QED) is 0.777. The largest absolute Gasteiger partial charge is 0.355 e. The molecule has 96 valence electrons. The summed E-state index contributed by atoms with van der Waals surface area (Å²) < 4.78 is 0. The molecule has 0 N–H and O–H groups in total. The molecule has 18 heavy (non-hydrogen) atoms. The molecule has 2 heterocycles. The van der Waals surface area contributed by atoms with Crippen LogP contribution in [0.1, 0.15) is 38.7 Å². The van der Waals surface area contributed by atoms with Crippen molar-refractivity contribution in [3.8, 4) is 6.07 Å². The Balaban J connectivity index is 2.25. The molecular weight excluding hydrogens is 246 g/mol. The van der Waals surface area contributed by atoms with Crippen molar-refractivity contribution in [3.63, 3.8) is 0 Å². The van der Waals surface area contributed by atoms with Gasteiger partial charge < -0.3 is 4.90 Å². The number of nitrogens with zero attached hydrogens (tertiary/aromatic N) is 3. The van der Waals surface area contributed by atoms with E-state index in [-0.39, 0.29) is 0 Å². The molecule has 1 aliphatic heterocycles. The number of pyridine rings is 1. The van der Waals surface area contributed by atoms with Gasteiger partial charge in [-0.3, -0.25) is 0 Å². The zero-order chi connectivity index (χ0) is 13.2. The normalized spacial score (nSPS) is 19.1. The molecule has 1 aliphatic rings. The predicted octanol–water partition coefficient (Wildman–Crippen LogP) is 3.62. The van der Waals surface area contributed by atoms with Gasteiger partial charge in [0.1, 0.15) is 16.9 Å². The van der Waals surface area contributed by atoms with E-state index in [1.54, 1.807) is 12.3 Å². The topological polar surface area (TPSA) is 39.9 Å². The van der Waals surface area contributed by atoms with Gasteiger partial charge in [0, 0.05) is 19.3 Å². The molecule has 4 heteroatoms. The van der Waals surface area contributed by atoms with Crippen molar-refractivity contribution in [2.75, 3.05) is 18.0 Å². The van der Waals surface area contributed by atoms with Gasteiger partial charge in [0.05, 0.1) is 5.56 Å². The molecule has 0 amide bonds. The van der Waals surface area contributed by atoms with E-state index in [2.05, 4.69) is 29.8 Å². The lowest BCUT2D eigenvalue weighted by Crippen LogP contribution is -2.26. The summed E-state index contributed by atoms with van der Waals surface area (Å²) in [6.07, 6.45) is 5.15. The van der Waals surface area contributed by atoms with E-state index < -0.39 is 0 Å². The average Bonchev–Trinajstić information content (AvgIpc) is 2.51. The summed E-state index contributed by atoms with van der Waals surface area (Å²) in [4.78, 5) is 6.55. The Labute approximate surface area is 113 Å². The number of rotatable bonds is 1. The molecule has 0 unspecified atom stereocenters. The number of hydrogen-bond donors (Lipinski definition) is 0. The minimum atomic E-state index is 0.383. The zero-order valence-corrected chi connectivity index (χ0v) is 11.7. The predicted molar refractivity (Wildman–Crippen MR) is 73.8 cm³/mol. The standard InChI is InChI=1S/C14H18ClN3/c1-14(2)5-3-8-18(9-6-14)13-12(15)11(10-16)4-7-17-13/h4,7H,3,5-6,8-9H2,1-2H3. The second kappa shape index (κ2) is 5.16. The van der Waals surface area contributed by atoms with Crippen LogP contribution in [0, 0.1) is 16.7 Å². The summed E-state index contributed by atoms with van der Waals surface area (Å²) in [6.45, 7) is 6.52. The third kappa shape index (κ3) is 2.76. The van der Waals surface area contributed by atoms with Crippen LogP contribution in [-0.4, -0.2) is 18.1 Å². The van der Waals surface area contributed by atoms with Gasteiger partial charge in [-0.2, -0.15) is 5.26 Å². The van der Waals surface area contributed by atoms with Crippen molar-refractivity contribution in [1.82, 2.24) is 4.98 Å². The lowest BCUT2D eigenvalue weighted by Gasteiger charge is -2.24. The fraction of sp³-hybridized carbons (Fsp3) is 0.571. The van der Waals surface area contributed by atoms with Gasteiger partial charge in [-0.1, -0.05) is 25.4 Å². The van der Waals surface area contributed by atoms with E-state index in [9.17, 15) is 0 Å². The highest BCUT2D eigenvalue weighted by Gasteiger charge is 2.25. The fourth-order valence-corrected chi connectivity index (χ4v) is 2.65. The number of aromatic nitrogens is 1. The Morgan fingerprint density at radius 3 is 2.89 bits per heavy atom. The SMILES string of the molecule is CC1(C)CCCN(c2nccc(C#N)c2Cl)CC1. The molecular formula is C14H18ClN3. The van der Waals surface area contributed by atoms with E-state index in [1.807, 2.05) is 0 Å². The number of nitriles is 1. The first-order valence-electron chi connectivity index (χ1n) is 6.33. The van der Waals surface area contributed by atoms with Gasteiger partial charge in [0.25, 0.3) is 0 Å². The van der Waals surface area contributed by atoms with Crippen LogP contribution in [0.5, 0.6) is 0 Å². The maximum atomic E-state index is 9.00. The number of anilines is 1. The van der Waals surface area contributed by atoms with Crippen molar-refractivity contribution >= 4 is 17.4 Å². The minimum absolute atomic E-state index is 0.383. The van der Waals surface area contributed by atoms with Gasteiger partial charge in [-0.05, 0) is 30.7 Å². The highest BCUT2D eigenvalue weighted by atomic mass is 35.5. The fourth-order valence-electron chi connectivity index (χ4n) is 2.37. The number of halogens is 1. The first kappa shape index (κ1) is 13.2. The maximum Gasteiger partial charge on any atom is 0.148 e. The molecule has 0 aliphatic carbocycles. The molecule has 1 fully saturated rings. The van der Waals surface area contributed by atoms with Crippen LogP contribution in [0.25, 0.3) is 0 Å². The average molecular weight is 264 g/mol. The summed E-state index contributed by atoms with van der Waals surface area (Å²) in [5.41, 5.74) is 0.888. The maximum absolute atomic E-state index is 9.00. The molecule has 0 spiro atoms. The molecule has 1 aromatic heterocycles. The summed E-state index contributed by atoms with van der Waals surface area (Å²) in [6, 6.07) is 3.77. The van der Waals surface area contributed by atoms with Crippen molar-refractivity contribution in [2.45, 2.75) is 33.1 Å². The van der Waals surface area contributed by atoms with Crippen LogP contribution in [0.15, 0.2) is 12.3 Å².